The molecule has 0 bridgehead atoms. The Morgan fingerprint density at radius 3 is 2.29 bits per heavy atom. The molecule has 0 rings (SSSR count). The van der Waals surface area contributed by atoms with Crippen molar-refractivity contribution in [3.05, 3.63) is 0 Å². The molecule has 0 aromatic rings. The van der Waals surface area contributed by atoms with E-state index < -0.39 is 0 Å². The van der Waals surface area contributed by atoms with Gasteiger partial charge in [0.05, 0.1) is 0 Å². The minimum absolute atomic E-state index is 0.0483. The zero-order valence-electron chi connectivity index (χ0n) is 9.79. The summed E-state index contributed by atoms with van der Waals surface area (Å²) in [4.78, 5) is 15.5. The number of nitrogens with zero attached hydrogens (tertiary/aromatic N) is 2. The second-order valence-corrected chi connectivity index (χ2v) is 4.04. The van der Waals surface area contributed by atoms with E-state index in [1.54, 1.807) is 4.90 Å². The molecule has 84 valence electrons. The highest BCUT2D eigenvalue weighted by Gasteiger charge is 2.16. The van der Waals surface area contributed by atoms with Gasteiger partial charge in [0.15, 0.2) is 0 Å². The van der Waals surface area contributed by atoms with Crippen LogP contribution >= 0.6 is 0 Å². The maximum atomic E-state index is 11.7. The van der Waals surface area contributed by atoms with Crippen LogP contribution in [-0.2, 0) is 4.79 Å². The molecule has 0 fully saturated rings. The van der Waals surface area contributed by atoms with Crippen molar-refractivity contribution in [3.63, 3.8) is 0 Å². The van der Waals surface area contributed by atoms with Crippen LogP contribution in [0.4, 0.5) is 0 Å². The molecule has 0 heterocycles. The van der Waals surface area contributed by atoms with E-state index in [1.165, 1.54) is 0 Å². The Morgan fingerprint density at radius 2 is 1.86 bits per heavy atom. The molecule has 0 saturated heterocycles. The van der Waals surface area contributed by atoms with Crippen LogP contribution in [-0.4, -0.2) is 56.5 Å². The molecule has 0 aromatic heterocycles. The van der Waals surface area contributed by atoms with Crippen LogP contribution in [0.15, 0.2) is 0 Å². The average Bonchev–Trinajstić information content (AvgIpc) is 2.13. The van der Waals surface area contributed by atoms with Gasteiger partial charge >= 0.3 is 0 Å². The molecule has 1 atom stereocenters. The summed E-state index contributed by atoms with van der Waals surface area (Å²) in [5.74, 6) is 0.240. The first-order valence-electron chi connectivity index (χ1n) is 5.08. The minimum Gasteiger partial charge on any atom is -0.344 e. The molecule has 0 aliphatic carbocycles. The molecule has 0 aromatic carbocycles. The Kier molecular flexibility index (Phi) is 6.49. The van der Waals surface area contributed by atoms with Crippen LogP contribution in [0.3, 0.4) is 0 Å². The van der Waals surface area contributed by atoms with Crippen molar-refractivity contribution in [1.29, 1.82) is 0 Å². The van der Waals surface area contributed by atoms with E-state index in [9.17, 15) is 4.79 Å². The van der Waals surface area contributed by atoms with Gasteiger partial charge in [-0.15, -0.1) is 0 Å². The van der Waals surface area contributed by atoms with Crippen molar-refractivity contribution in [1.82, 2.24) is 9.80 Å². The molecule has 4 nitrogen and oxygen atoms in total. The number of carbonyl (C=O) groups excluding carboxylic acids is 1. The standard InChI is InChI=1S/C10H23N3O/c1-9(5-6-11)10(14)13(4)8-7-12(2)3/h9H,5-8,11H2,1-4H3. The van der Waals surface area contributed by atoms with Gasteiger partial charge < -0.3 is 15.5 Å². The average molecular weight is 201 g/mol. The van der Waals surface area contributed by atoms with Crippen LogP contribution < -0.4 is 5.73 Å². The van der Waals surface area contributed by atoms with Crippen molar-refractivity contribution in [2.75, 3.05) is 40.8 Å². The first-order chi connectivity index (χ1) is 6.49. The highest BCUT2D eigenvalue weighted by atomic mass is 16.2. The zero-order valence-corrected chi connectivity index (χ0v) is 9.79. The van der Waals surface area contributed by atoms with E-state index in [0.29, 0.717) is 6.54 Å². The van der Waals surface area contributed by atoms with Crippen LogP contribution in [0, 0.1) is 5.92 Å². The normalized spacial score (nSPS) is 13.0. The van der Waals surface area contributed by atoms with Gasteiger partial charge in [-0.2, -0.15) is 0 Å². The molecule has 0 radical (unpaired) electrons. The minimum atomic E-state index is 0.0483. The second-order valence-electron chi connectivity index (χ2n) is 4.04. The van der Waals surface area contributed by atoms with Crippen LogP contribution in [0.1, 0.15) is 13.3 Å². The number of likely N-dealkylation sites (N-methyl/N-ethyl adjacent to an activating group) is 2. The first-order valence-corrected chi connectivity index (χ1v) is 5.08. The highest BCUT2D eigenvalue weighted by Crippen LogP contribution is 2.04. The van der Waals surface area contributed by atoms with Crippen molar-refractivity contribution in [2.24, 2.45) is 11.7 Å². The van der Waals surface area contributed by atoms with Crippen molar-refractivity contribution in [3.8, 4) is 0 Å². The predicted molar refractivity (Wildman–Crippen MR) is 59.0 cm³/mol. The van der Waals surface area contributed by atoms with Gasteiger partial charge in [0.25, 0.3) is 0 Å². The summed E-state index contributed by atoms with van der Waals surface area (Å²) in [6, 6.07) is 0. The molecule has 1 amide bonds. The van der Waals surface area contributed by atoms with E-state index in [2.05, 4.69) is 4.90 Å². The summed E-state index contributed by atoms with van der Waals surface area (Å²) in [7, 11) is 5.85. The third kappa shape index (κ3) is 5.19. The van der Waals surface area contributed by atoms with Crippen LogP contribution in [0.2, 0.25) is 0 Å². The highest BCUT2D eigenvalue weighted by molar-refractivity contribution is 5.78. The number of nitrogens with two attached hydrogens (primary N) is 1. The molecule has 0 aliphatic rings. The van der Waals surface area contributed by atoms with E-state index in [0.717, 1.165) is 19.5 Å². The summed E-state index contributed by atoms with van der Waals surface area (Å²) >= 11 is 0. The lowest BCUT2D eigenvalue weighted by molar-refractivity contribution is -0.133. The Labute approximate surface area is 87.0 Å². The maximum absolute atomic E-state index is 11.7. The lowest BCUT2D eigenvalue weighted by Gasteiger charge is -2.22. The largest absolute Gasteiger partial charge is 0.344 e. The summed E-state index contributed by atoms with van der Waals surface area (Å²) in [5, 5.41) is 0. The fourth-order valence-corrected chi connectivity index (χ4v) is 1.21. The van der Waals surface area contributed by atoms with Gasteiger partial charge in [-0.3, -0.25) is 4.79 Å². The summed E-state index contributed by atoms with van der Waals surface area (Å²) < 4.78 is 0. The molecule has 4 heteroatoms. The third-order valence-corrected chi connectivity index (χ3v) is 2.28. The van der Waals surface area contributed by atoms with Gasteiger partial charge in [-0.05, 0) is 27.1 Å². The van der Waals surface area contributed by atoms with E-state index in [-0.39, 0.29) is 11.8 Å². The van der Waals surface area contributed by atoms with E-state index in [1.807, 2.05) is 28.1 Å². The van der Waals surface area contributed by atoms with Crippen LogP contribution in [0.25, 0.3) is 0 Å². The van der Waals surface area contributed by atoms with E-state index in [4.69, 9.17) is 5.73 Å². The molecular formula is C10H23N3O. The molecule has 1 unspecified atom stereocenters. The van der Waals surface area contributed by atoms with Gasteiger partial charge in [-0.25, -0.2) is 0 Å². The van der Waals surface area contributed by atoms with E-state index >= 15 is 0 Å². The quantitative estimate of drug-likeness (QED) is 0.657. The monoisotopic (exact) mass is 201 g/mol. The fraction of sp³-hybridized carbons (Fsp3) is 0.900. The number of hydrogen-bond acceptors (Lipinski definition) is 3. The van der Waals surface area contributed by atoms with Crippen molar-refractivity contribution < 1.29 is 4.79 Å². The van der Waals surface area contributed by atoms with Gasteiger partial charge in [0.1, 0.15) is 0 Å². The van der Waals surface area contributed by atoms with Crippen LogP contribution in [0.5, 0.6) is 0 Å². The topological polar surface area (TPSA) is 49.6 Å². The zero-order chi connectivity index (χ0) is 11.1. The van der Waals surface area contributed by atoms with Gasteiger partial charge in [0, 0.05) is 26.1 Å². The number of amides is 1. The number of rotatable bonds is 6. The lowest BCUT2D eigenvalue weighted by Crippen LogP contribution is -2.37. The fourth-order valence-electron chi connectivity index (χ4n) is 1.21. The SMILES string of the molecule is CC(CCN)C(=O)N(C)CCN(C)C. The molecule has 0 saturated carbocycles. The summed E-state index contributed by atoms with van der Waals surface area (Å²) in [6.45, 7) is 4.19. The molecule has 2 N–H and O–H groups in total. The van der Waals surface area contributed by atoms with Gasteiger partial charge in [-0.1, -0.05) is 6.92 Å². The number of carbonyl (C=O) groups is 1. The predicted octanol–water partition coefficient (Wildman–Crippen LogP) is -0.00870. The first kappa shape index (κ1) is 13.4. The Morgan fingerprint density at radius 1 is 1.29 bits per heavy atom. The maximum Gasteiger partial charge on any atom is 0.225 e. The summed E-state index contributed by atoms with van der Waals surface area (Å²) in [6.07, 6.45) is 0.769. The molecule has 14 heavy (non-hydrogen) atoms. The lowest BCUT2D eigenvalue weighted by atomic mass is 10.1. The smallest absolute Gasteiger partial charge is 0.225 e. The Hall–Kier alpha value is -0.610. The molecular weight excluding hydrogens is 178 g/mol. The molecule has 0 aliphatic heterocycles. The summed E-state index contributed by atoms with van der Waals surface area (Å²) in [5.41, 5.74) is 5.41. The van der Waals surface area contributed by atoms with Crippen molar-refractivity contribution in [2.45, 2.75) is 13.3 Å². The second kappa shape index (κ2) is 6.79. The third-order valence-electron chi connectivity index (χ3n) is 2.28. The Balaban J connectivity index is 3.86. The Bertz CT molecular complexity index is 171. The number of hydrogen-bond donors (Lipinski definition) is 1. The van der Waals surface area contributed by atoms with Crippen molar-refractivity contribution >= 4 is 5.91 Å². The van der Waals surface area contributed by atoms with Gasteiger partial charge in [0.2, 0.25) is 5.91 Å². The molecule has 0 spiro atoms.